The summed E-state index contributed by atoms with van der Waals surface area (Å²) < 4.78 is 1.64. The predicted molar refractivity (Wildman–Crippen MR) is 120 cm³/mol. The van der Waals surface area contributed by atoms with E-state index in [0.29, 0.717) is 34.4 Å². The molecule has 152 valence electrons. The molecular formula is C24H19N5O2. The van der Waals surface area contributed by atoms with E-state index in [0.717, 1.165) is 5.56 Å². The largest absolute Gasteiger partial charge is 0.508 e. The minimum absolute atomic E-state index is 0.0857. The maximum atomic E-state index is 13.2. The number of benzene rings is 3. The Bertz CT molecular complexity index is 1430. The summed E-state index contributed by atoms with van der Waals surface area (Å²) in [6.45, 7) is 0.360. The van der Waals surface area contributed by atoms with Gasteiger partial charge in [0.05, 0.1) is 16.7 Å². The van der Waals surface area contributed by atoms with E-state index in [1.54, 1.807) is 28.8 Å². The zero-order valence-corrected chi connectivity index (χ0v) is 16.5. The fourth-order valence-electron chi connectivity index (χ4n) is 3.65. The van der Waals surface area contributed by atoms with Crippen LogP contribution >= 0.6 is 0 Å². The van der Waals surface area contributed by atoms with Crippen molar-refractivity contribution in [1.29, 1.82) is 0 Å². The van der Waals surface area contributed by atoms with E-state index < -0.39 is 0 Å². The van der Waals surface area contributed by atoms with Crippen LogP contribution in [0.25, 0.3) is 27.9 Å². The average Bonchev–Trinajstić information content (AvgIpc) is 3.07. The van der Waals surface area contributed by atoms with Crippen LogP contribution in [0.1, 0.15) is 15.9 Å². The number of nitrogen functional groups attached to an aromatic ring is 1. The number of hydrogen-bond acceptors (Lipinski definition) is 5. The third kappa shape index (κ3) is 3.32. The van der Waals surface area contributed by atoms with Gasteiger partial charge < -0.3 is 16.2 Å². The smallest absolute Gasteiger partial charge is 0.257 e. The molecule has 0 atom stereocenters. The third-order valence-corrected chi connectivity index (χ3v) is 5.11. The zero-order chi connectivity index (χ0) is 21.4. The summed E-state index contributed by atoms with van der Waals surface area (Å²) in [5.74, 6) is -0.0427. The van der Waals surface area contributed by atoms with Gasteiger partial charge in [0.1, 0.15) is 22.6 Å². The molecule has 0 aliphatic carbocycles. The van der Waals surface area contributed by atoms with Crippen molar-refractivity contribution in [1.82, 2.24) is 19.9 Å². The number of phenolic OH excluding ortho intramolecular Hbond substituents is 1. The monoisotopic (exact) mass is 409 g/mol. The number of aromatic nitrogens is 3. The molecule has 0 fully saturated rings. The van der Waals surface area contributed by atoms with E-state index in [9.17, 15) is 9.90 Å². The van der Waals surface area contributed by atoms with E-state index >= 15 is 0 Å². The molecule has 0 spiro atoms. The number of para-hydroxylation sites is 2. The lowest BCUT2D eigenvalue weighted by molar-refractivity contribution is 0.0953. The summed E-state index contributed by atoms with van der Waals surface area (Å²) >= 11 is 0. The molecule has 2 aromatic heterocycles. The Morgan fingerprint density at radius 3 is 2.39 bits per heavy atom. The first-order valence-electron chi connectivity index (χ1n) is 9.80. The number of nitrogens with zero attached hydrogens (tertiary/aromatic N) is 3. The highest BCUT2D eigenvalue weighted by Crippen LogP contribution is 2.31. The molecule has 5 rings (SSSR count). The molecule has 5 aromatic rings. The van der Waals surface area contributed by atoms with Crippen LogP contribution in [0.4, 0.5) is 5.82 Å². The van der Waals surface area contributed by atoms with Crippen LogP contribution in [0.5, 0.6) is 5.75 Å². The molecule has 4 N–H and O–H groups in total. The Balaban J connectivity index is 1.69. The predicted octanol–water partition coefficient (Wildman–Crippen LogP) is 3.79. The highest BCUT2D eigenvalue weighted by Gasteiger charge is 2.24. The molecule has 7 heteroatoms. The van der Waals surface area contributed by atoms with Gasteiger partial charge in [-0.2, -0.15) is 0 Å². The van der Waals surface area contributed by atoms with Gasteiger partial charge in [-0.15, -0.1) is 0 Å². The number of nitrogens with one attached hydrogen (secondary N) is 1. The lowest BCUT2D eigenvalue weighted by atomic mass is 10.2. The number of fused-ring (bicyclic) bond motifs is 2. The van der Waals surface area contributed by atoms with Gasteiger partial charge in [-0.1, -0.05) is 48.5 Å². The van der Waals surface area contributed by atoms with Gasteiger partial charge in [-0.05, 0) is 29.8 Å². The molecular weight excluding hydrogens is 390 g/mol. The first kappa shape index (κ1) is 18.6. The molecule has 0 aliphatic rings. The number of hydrogen-bond donors (Lipinski definition) is 3. The molecule has 1 amide bonds. The second-order valence-corrected chi connectivity index (χ2v) is 7.17. The van der Waals surface area contributed by atoms with Crippen LogP contribution in [0, 0.1) is 0 Å². The van der Waals surface area contributed by atoms with Crippen molar-refractivity contribution in [2.24, 2.45) is 0 Å². The van der Waals surface area contributed by atoms with Crippen LogP contribution in [0.15, 0.2) is 78.9 Å². The lowest BCUT2D eigenvalue weighted by Gasteiger charge is -2.08. The number of amides is 1. The van der Waals surface area contributed by atoms with Crippen molar-refractivity contribution in [3.63, 3.8) is 0 Å². The van der Waals surface area contributed by atoms with Crippen LogP contribution in [-0.2, 0) is 6.54 Å². The van der Waals surface area contributed by atoms with Crippen molar-refractivity contribution in [3.05, 3.63) is 90.0 Å². The summed E-state index contributed by atoms with van der Waals surface area (Å²) in [6.07, 6.45) is 0. The molecule has 0 radical (unpaired) electrons. The number of rotatable bonds is 4. The SMILES string of the molecule is Nc1c(C(=O)NCc2ccccc2)c2nc3ccccc3nc2n1-c1cccc(O)c1. The van der Waals surface area contributed by atoms with Crippen molar-refractivity contribution in [2.45, 2.75) is 6.54 Å². The fraction of sp³-hybridized carbons (Fsp3) is 0.0417. The summed E-state index contributed by atoms with van der Waals surface area (Å²) in [4.78, 5) is 22.6. The van der Waals surface area contributed by atoms with Gasteiger partial charge in [0.2, 0.25) is 0 Å². The normalized spacial score (nSPS) is 11.1. The van der Waals surface area contributed by atoms with Crippen molar-refractivity contribution >= 4 is 33.9 Å². The van der Waals surface area contributed by atoms with E-state index in [1.807, 2.05) is 54.6 Å². The standard InChI is InChI=1S/C24H19N5O2/c25-22-20(24(31)26-14-15-7-2-1-3-8-15)21-23(28-19-12-5-4-11-18(19)27-21)29(22)16-9-6-10-17(30)13-16/h1-13,30H,14,25H2,(H,26,31). The zero-order valence-electron chi connectivity index (χ0n) is 16.5. The van der Waals surface area contributed by atoms with Crippen LogP contribution in [0.2, 0.25) is 0 Å². The highest BCUT2D eigenvalue weighted by atomic mass is 16.3. The van der Waals surface area contributed by atoms with E-state index in [-0.39, 0.29) is 23.0 Å². The van der Waals surface area contributed by atoms with Gasteiger partial charge in [-0.3, -0.25) is 9.36 Å². The van der Waals surface area contributed by atoms with E-state index in [1.165, 1.54) is 0 Å². The Kier molecular flexibility index (Phi) is 4.48. The fourth-order valence-corrected chi connectivity index (χ4v) is 3.65. The first-order chi connectivity index (χ1) is 15.1. The maximum Gasteiger partial charge on any atom is 0.257 e. The van der Waals surface area contributed by atoms with Crippen molar-refractivity contribution in [2.75, 3.05) is 5.73 Å². The maximum absolute atomic E-state index is 13.2. The number of carbonyl (C=O) groups is 1. The van der Waals surface area contributed by atoms with Crippen LogP contribution in [-0.4, -0.2) is 25.5 Å². The number of aromatic hydroxyl groups is 1. The topological polar surface area (TPSA) is 106 Å². The second kappa shape index (κ2) is 7.46. The third-order valence-electron chi connectivity index (χ3n) is 5.11. The first-order valence-corrected chi connectivity index (χ1v) is 9.80. The van der Waals surface area contributed by atoms with Crippen LogP contribution < -0.4 is 11.1 Å². The average molecular weight is 409 g/mol. The summed E-state index contributed by atoms with van der Waals surface area (Å²) in [6, 6.07) is 23.7. The minimum atomic E-state index is -0.338. The number of nitrogens with two attached hydrogens (primary N) is 1. The van der Waals surface area contributed by atoms with Gasteiger partial charge in [0, 0.05) is 12.6 Å². The molecule has 0 bridgehead atoms. The van der Waals surface area contributed by atoms with Gasteiger partial charge in [0.15, 0.2) is 5.65 Å². The summed E-state index contributed by atoms with van der Waals surface area (Å²) in [5.41, 5.74) is 10.5. The van der Waals surface area contributed by atoms with E-state index in [4.69, 9.17) is 15.7 Å². The van der Waals surface area contributed by atoms with Gasteiger partial charge in [-0.25, -0.2) is 9.97 Å². The van der Waals surface area contributed by atoms with E-state index in [2.05, 4.69) is 5.32 Å². The van der Waals surface area contributed by atoms with Crippen LogP contribution in [0.3, 0.4) is 0 Å². The second-order valence-electron chi connectivity index (χ2n) is 7.17. The number of anilines is 1. The molecule has 7 nitrogen and oxygen atoms in total. The molecule has 0 unspecified atom stereocenters. The Morgan fingerprint density at radius 1 is 0.935 bits per heavy atom. The number of phenols is 1. The molecule has 0 saturated carbocycles. The Hall–Kier alpha value is -4.39. The van der Waals surface area contributed by atoms with Gasteiger partial charge in [0.25, 0.3) is 5.91 Å². The number of carbonyl (C=O) groups excluding carboxylic acids is 1. The summed E-state index contributed by atoms with van der Waals surface area (Å²) in [7, 11) is 0. The van der Waals surface area contributed by atoms with Gasteiger partial charge >= 0.3 is 0 Å². The minimum Gasteiger partial charge on any atom is -0.508 e. The molecule has 31 heavy (non-hydrogen) atoms. The summed E-state index contributed by atoms with van der Waals surface area (Å²) in [5, 5.41) is 12.9. The van der Waals surface area contributed by atoms with Crippen molar-refractivity contribution in [3.8, 4) is 11.4 Å². The quantitative estimate of drug-likeness (QED) is 0.419. The van der Waals surface area contributed by atoms with Crippen molar-refractivity contribution < 1.29 is 9.90 Å². The Morgan fingerprint density at radius 2 is 1.65 bits per heavy atom. The Labute approximate surface area is 177 Å². The molecule has 3 aromatic carbocycles. The highest BCUT2D eigenvalue weighted by molar-refractivity contribution is 6.11. The molecule has 0 saturated heterocycles. The molecule has 2 heterocycles. The lowest BCUT2D eigenvalue weighted by Crippen LogP contribution is -2.23. The molecule has 0 aliphatic heterocycles.